The van der Waals surface area contributed by atoms with Crippen LogP contribution in [0.1, 0.15) is 31.7 Å². The summed E-state index contributed by atoms with van der Waals surface area (Å²) in [5.41, 5.74) is 0.132. The first-order valence-corrected chi connectivity index (χ1v) is 6.79. The number of carboxylic acid groups (broad SMARTS) is 1. The first-order chi connectivity index (χ1) is 9.77. The predicted octanol–water partition coefficient (Wildman–Crippen LogP) is 3.24. The number of carbonyl (C=O) groups excluding carboxylic acids is 1. The molecule has 2 atom stereocenters. The van der Waals surface area contributed by atoms with Crippen LogP contribution in [0.4, 0.5) is 14.5 Å². The third-order valence-electron chi connectivity index (χ3n) is 3.79. The molecule has 0 radical (unpaired) electrons. The summed E-state index contributed by atoms with van der Waals surface area (Å²) >= 11 is 0. The molecule has 1 amide bonds. The standard InChI is InChI=1S/C15H17F2NO3/c1-15(16,17)11-3-2-4-12(8-11)18-13(19)9-5-6-10(7-9)14(20)21/h2-4,8-10H,5-7H2,1H3,(H,18,19)(H,20,21)/t9-,10+/m1/s1. The van der Waals surface area contributed by atoms with Crippen molar-refractivity contribution >= 4 is 17.6 Å². The van der Waals surface area contributed by atoms with Crippen molar-refractivity contribution in [2.45, 2.75) is 32.1 Å². The van der Waals surface area contributed by atoms with E-state index in [0.29, 0.717) is 24.9 Å². The molecule has 21 heavy (non-hydrogen) atoms. The second-order valence-electron chi connectivity index (χ2n) is 5.50. The summed E-state index contributed by atoms with van der Waals surface area (Å²) in [7, 11) is 0. The number of carbonyl (C=O) groups is 2. The Kier molecular flexibility index (Phi) is 4.25. The minimum Gasteiger partial charge on any atom is -0.481 e. The molecule has 1 aromatic rings. The van der Waals surface area contributed by atoms with Gasteiger partial charge in [0.1, 0.15) is 0 Å². The zero-order valence-electron chi connectivity index (χ0n) is 11.6. The quantitative estimate of drug-likeness (QED) is 0.896. The number of rotatable bonds is 4. The Morgan fingerprint density at radius 1 is 1.29 bits per heavy atom. The summed E-state index contributed by atoms with van der Waals surface area (Å²) in [4.78, 5) is 22.9. The summed E-state index contributed by atoms with van der Waals surface area (Å²) in [5.74, 6) is -5.04. The van der Waals surface area contributed by atoms with E-state index in [9.17, 15) is 18.4 Å². The van der Waals surface area contributed by atoms with Gasteiger partial charge in [-0.1, -0.05) is 12.1 Å². The molecule has 0 aliphatic heterocycles. The Morgan fingerprint density at radius 3 is 2.52 bits per heavy atom. The number of hydrogen-bond acceptors (Lipinski definition) is 2. The van der Waals surface area contributed by atoms with Crippen molar-refractivity contribution in [1.29, 1.82) is 0 Å². The molecule has 0 saturated heterocycles. The monoisotopic (exact) mass is 297 g/mol. The van der Waals surface area contributed by atoms with Crippen LogP contribution in [0.25, 0.3) is 0 Å². The SMILES string of the molecule is CC(F)(F)c1cccc(NC(=O)[C@@H]2CC[C@H](C(=O)O)C2)c1. The van der Waals surface area contributed by atoms with Gasteiger partial charge in [-0.15, -0.1) is 0 Å². The van der Waals surface area contributed by atoms with Gasteiger partial charge in [-0.2, -0.15) is 0 Å². The highest BCUT2D eigenvalue weighted by molar-refractivity contribution is 5.93. The second kappa shape index (κ2) is 5.79. The lowest BCUT2D eigenvalue weighted by Gasteiger charge is -2.14. The first-order valence-electron chi connectivity index (χ1n) is 6.79. The first kappa shape index (κ1) is 15.4. The summed E-state index contributed by atoms with van der Waals surface area (Å²) in [6.07, 6.45) is 1.28. The fourth-order valence-electron chi connectivity index (χ4n) is 2.56. The summed E-state index contributed by atoms with van der Waals surface area (Å²) in [6.45, 7) is 0.794. The highest BCUT2D eigenvalue weighted by Crippen LogP contribution is 2.33. The lowest BCUT2D eigenvalue weighted by molar-refractivity contribution is -0.141. The number of carboxylic acids is 1. The minimum atomic E-state index is -2.97. The summed E-state index contributed by atoms with van der Waals surface area (Å²) < 4.78 is 26.5. The molecule has 0 bridgehead atoms. The topological polar surface area (TPSA) is 66.4 Å². The van der Waals surface area contributed by atoms with Crippen molar-refractivity contribution < 1.29 is 23.5 Å². The van der Waals surface area contributed by atoms with E-state index in [-0.39, 0.29) is 17.4 Å². The van der Waals surface area contributed by atoms with Crippen LogP contribution in [0.3, 0.4) is 0 Å². The molecule has 114 valence electrons. The third kappa shape index (κ3) is 3.77. The highest BCUT2D eigenvalue weighted by Gasteiger charge is 2.34. The van der Waals surface area contributed by atoms with E-state index < -0.39 is 17.8 Å². The molecular weight excluding hydrogens is 280 g/mol. The smallest absolute Gasteiger partial charge is 0.306 e. The van der Waals surface area contributed by atoms with Crippen molar-refractivity contribution in [3.05, 3.63) is 29.8 Å². The molecule has 1 aromatic carbocycles. The van der Waals surface area contributed by atoms with Gasteiger partial charge in [-0.05, 0) is 31.4 Å². The maximum absolute atomic E-state index is 13.2. The number of hydrogen-bond donors (Lipinski definition) is 2. The molecule has 4 nitrogen and oxygen atoms in total. The largest absolute Gasteiger partial charge is 0.481 e. The number of benzene rings is 1. The molecule has 0 unspecified atom stereocenters. The van der Waals surface area contributed by atoms with E-state index >= 15 is 0 Å². The number of anilines is 1. The van der Waals surface area contributed by atoms with Gasteiger partial charge in [0.05, 0.1) is 5.92 Å². The maximum Gasteiger partial charge on any atom is 0.306 e. The van der Waals surface area contributed by atoms with E-state index in [4.69, 9.17) is 5.11 Å². The zero-order chi connectivity index (χ0) is 15.6. The van der Waals surface area contributed by atoms with E-state index in [1.165, 1.54) is 24.3 Å². The average Bonchev–Trinajstić information content (AvgIpc) is 2.88. The van der Waals surface area contributed by atoms with Gasteiger partial charge in [0, 0.05) is 24.1 Å². The fourth-order valence-corrected chi connectivity index (χ4v) is 2.56. The number of amides is 1. The molecule has 1 fully saturated rings. The van der Waals surface area contributed by atoms with Crippen molar-refractivity contribution in [2.24, 2.45) is 11.8 Å². The molecule has 0 aromatic heterocycles. The Morgan fingerprint density at radius 2 is 1.95 bits per heavy atom. The van der Waals surface area contributed by atoms with Crippen molar-refractivity contribution in [1.82, 2.24) is 0 Å². The number of halogens is 2. The van der Waals surface area contributed by atoms with Crippen LogP contribution in [-0.4, -0.2) is 17.0 Å². The summed E-state index contributed by atoms with van der Waals surface area (Å²) in [6, 6.07) is 5.53. The average molecular weight is 297 g/mol. The molecule has 2 rings (SSSR count). The third-order valence-corrected chi connectivity index (χ3v) is 3.79. The normalized spacial score (nSPS) is 22.0. The highest BCUT2D eigenvalue weighted by atomic mass is 19.3. The van der Waals surface area contributed by atoms with Crippen LogP contribution in [0.2, 0.25) is 0 Å². The molecule has 1 aliphatic rings. The number of aliphatic carboxylic acids is 1. The Balaban J connectivity index is 2.02. The van der Waals surface area contributed by atoms with Crippen molar-refractivity contribution in [2.75, 3.05) is 5.32 Å². The molecular formula is C15H17F2NO3. The van der Waals surface area contributed by atoms with Gasteiger partial charge in [0.15, 0.2) is 0 Å². The molecule has 1 saturated carbocycles. The Bertz CT molecular complexity index is 554. The maximum atomic E-state index is 13.2. The summed E-state index contributed by atoms with van der Waals surface area (Å²) in [5, 5.41) is 11.5. The molecule has 1 aliphatic carbocycles. The predicted molar refractivity (Wildman–Crippen MR) is 73.1 cm³/mol. The van der Waals surface area contributed by atoms with Crippen LogP contribution in [0.5, 0.6) is 0 Å². The Labute approximate surface area is 121 Å². The van der Waals surface area contributed by atoms with Gasteiger partial charge < -0.3 is 10.4 Å². The van der Waals surface area contributed by atoms with Crippen LogP contribution < -0.4 is 5.32 Å². The van der Waals surface area contributed by atoms with E-state index in [1.54, 1.807) is 0 Å². The van der Waals surface area contributed by atoms with E-state index in [1.807, 2.05) is 0 Å². The van der Waals surface area contributed by atoms with E-state index in [2.05, 4.69) is 5.32 Å². The van der Waals surface area contributed by atoms with Crippen LogP contribution in [0.15, 0.2) is 24.3 Å². The fraction of sp³-hybridized carbons (Fsp3) is 0.467. The number of alkyl halides is 2. The molecule has 2 N–H and O–H groups in total. The molecule has 0 spiro atoms. The van der Waals surface area contributed by atoms with Gasteiger partial charge >= 0.3 is 5.97 Å². The lowest BCUT2D eigenvalue weighted by Crippen LogP contribution is -2.22. The Hall–Kier alpha value is -1.98. The van der Waals surface area contributed by atoms with E-state index in [0.717, 1.165) is 6.92 Å². The van der Waals surface area contributed by atoms with Gasteiger partial charge in [0.25, 0.3) is 5.92 Å². The van der Waals surface area contributed by atoms with Crippen molar-refractivity contribution in [3.8, 4) is 0 Å². The van der Waals surface area contributed by atoms with Crippen LogP contribution >= 0.6 is 0 Å². The van der Waals surface area contributed by atoms with Gasteiger partial charge in [-0.3, -0.25) is 9.59 Å². The molecule has 6 heteroatoms. The van der Waals surface area contributed by atoms with Gasteiger partial charge in [0.2, 0.25) is 5.91 Å². The van der Waals surface area contributed by atoms with Crippen LogP contribution in [0, 0.1) is 11.8 Å². The lowest BCUT2D eigenvalue weighted by atomic mass is 10.0. The second-order valence-corrected chi connectivity index (χ2v) is 5.50. The number of nitrogens with one attached hydrogen (secondary N) is 1. The minimum absolute atomic E-state index is 0.171. The van der Waals surface area contributed by atoms with Crippen molar-refractivity contribution in [3.63, 3.8) is 0 Å². The molecule has 0 heterocycles. The van der Waals surface area contributed by atoms with Crippen LogP contribution in [-0.2, 0) is 15.5 Å². The zero-order valence-corrected chi connectivity index (χ0v) is 11.6. The van der Waals surface area contributed by atoms with Gasteiger partial charge in [-0.25, -0.2) is 8.78 Å².